The van der Waals surface area contributed by atoms with Crippen LogP contribution in [-0.2, 0) is 16.1 Å². The fourth-order valence-corrected chi connectivity index (χ4v) is 3.58. The molecule has 1 amide bonds. The van der Waals surface area contributed by atoms with Crippen molar-refractivity contribution in [2.75, 3.05) is 0 Å². The van der Waals surface area contributed by atoms with E-state index in [0.29, 0.717) is 13.0 Å². The normalized spacial score (nSPS) is 22.2. The summed E-state index contributed by atoms with van der Waals surface area (Å²) in [6.07, 6.45) is 1.000. The van der Waals surface area contributed by atoms with E-state index in [-0.39, 0.29) is 36.0 Å². The fourth-order valence-electron chi connectivity index (χ4n) is 3.58. The molecule has 7 heteroatoms. The summed E-state index contributed by atoms with van der Waals surface area (Å²) in [5.74, 6) is -1.16. The van der Waals surface area contributed by atoms with Gasteiger partial charge in [0.15, 0.2) is 0 Å². The number of halogens is 1. The predicted octanol–water partition coefficient (Wildman–Crippen LogP) is 2.34. The SMILES string of the molecule is CC(C)[C@H]1CC(=O)N(Cc2ccc(F)cc2)[C@@H]1C=C[C@@H](O)C[C@@H](O)CC(=O)O. The monoisotopic (exact) mass is 393 g/mol. The van der Waals surface area contributed by atoms with Gasteiger partial charge in [-0.25, -0.2) is 4.39 Å². The third kappa shape index (κ3) is 6.14. The number of aliphatic hydroxyl groups is 2. The number of carbonyl (C=O) groups is 2. The van der Waals surface area contributed by atoms with Crippen LogP contribution < -0.4 is 0 Å². The van der Waals surface area contributed by atoms with Crippen LogP contribution in [0.3, 0.4) is 0 Å². The molecule has 0 bridgehead atoms. The second-order valence-electron chi connectivity index (χ2n) is 7.69. The molecule has 1 heterocycles. The molecule has 3 N–H and O–H groups in total. The Morgan fingerprint density at radius 2 is 1.93 bits per heavy atom. The van der Waals surface area contributed by atoms with Crippen molar-refractivity contribution in [3.05, 3.63) is 47.8 Å². The molecule has 0 aromatic heterocycles. The van der Waals surface area contributed by atoms with Gasteiger partial charge in [-0.05, 0) is 29.5 Å². The zero-order valence-corrected chi connectivity index (χ0v) is 16.2. The highest BCUT2D eigenvalue weighted by Crippen LogP contribution is 2.33. The molecular formula is C21H28FNO5. The third-order valence-electron chi connectivity index (χ3n) is 5.11. The second-order valence-corrected chi connectivity index (χ2v) is 7.69. The number of benzene rings is 1. The maximum atomic E-state index is 13.1. The van der Waals surface area contributed by atoms with E-state index in [1.807, 2.05) is 13.8 Å². The summed E-state index contributed by atoms with van der Waals surface area (Å²) in [5.41, 5.74) is 0.815. The number of likely N-dealkylation sites (tertiary alicyclic amines) is 1. The molecule has 6 nitrogen and oxygen atoms in total. The van der Waals surface area contributed by atoms with E-state index in [4.69, 9.17) is 5.11 Å². The number of hydrogen-bond acceptors (Lipinski definition) is 4. The topological polar surface area (TPSA) is 98.1 Å². The van der Waals surface area contributed by atoms with Crippen LogP contribution in [0.5, 0.6) is 0 Å². The Bertz CT molecular complexity index is 703. The van der Waals surface area contributed by atoms with Crippen molar-refractivity contribution in [1.82, 2.24) is 4.90 Å². The van der Waals surface area contributed by atoms with E-state index < -0.39 is 24.6 Å². The number of aliphatic hydroxyl groups excluding tert-OH is 2. The van der Waals surface area contributed by atoms with Crippen molar-refractivity contribution in [2.24, 2.45) is 11.8 Å². The highest BCUT2D eigenvalue weighted by atomic mass is 19.1. The average Bonchev–Trinajstić information content (AvgIpc) is 2.90. The van der Waals surface area contributed by atoms with Crippen LogP contribution in [0.15, 0.2) is 36.4 Å². The van der Waals surface area contributed by atoms with Crippen LogP contribution in [0, 0.1) is 17.7 Å². The van der Waals surface area contributed by atoms with Crippen LogP contribution in [0.4, 0.5) is 4.39 Å². The lowest BCUT2D eigenvalue weighted by molar-refractivity contribution is -0.139. The van der Waals surface area contributed by atoms with Crippen molar-refractivity contribution in [3.63, 3.8) is 0 Å². The van der Waals surface area contributed by atoms with E-state index in [9.17, 15) is 24.2 Å². The number of rotatable bonds is 9. The summed E-state index contributed by atoms with van der Waals surface area (Å²) in [4.78, 5) is 24.9. The van der Waals surface area contributed by atoms with Crippen molar-refractivity contribution in [1.29, 1.82) is 0 Å². The summed E-state index contributed by atoms with van der Waals surface area (Å²) in [7, 11) is 0. The molecule has 0 unspecified atom stereocenters. The summed E-state index contributed by atoms with van der Waals surface area (Å²) in [5, 5.41) is 28.5. The van der Waals surface area contributed by atoms with Crippen molar-refractivity contribution in [2.45, 2.75) is 57.9 Å². The number of carbonyl (C=O) groups excluding carboxylic acids is 1. The summed E-state index contributed by atoms with van der Waals surface area (Å²) in [6, 6.07) is 5.76. The molecule has 1 aromatic rings. The van der Waals surface area contributed by atoms with Gasteiger partial charge in [-0.2, -0.15) is 0 Å². The first-order valence-electron chi connectivity index (χ1n) is 9.47. The first-order valence-corrected chi connectivity index (χ1v) is 9.47. The molecule has 4 atom stereocenters. The molecular weight excluding hydrogens is 365 g/mol. The predicted molar refractivity (Wildman–Crippen MR) is 102 cm³/mol. The molecule has 154 valence electrons. The minimum Gasteiger partial charge on any atom is -0.481 e. The van der Waals surface area contributed by atoms with Gasteiger partial charge in [0, 0.05) is 19.4 Å². The van der Waals surface area contributed by atoms with E-state index >= 15 is 0 Å². The van der Waals surface area contributed by atoms with Crippen LogP contribution in [0.25, 0.3) is 0 Å². The van der Waals surface area contributed by atoms with Gasteiger partial charge in [0.05, 0.1) is 24.7 Å². The van der Waals surface area contributed by atoms with Gasteiger partial charge in [-0.1, -0.05) is 38.1 Å². The molecule has 1 aliphatic heterocycles. The molecule has 0 saturated carbocycles. The standard InChI is InChI=1S/C21H28FNO5/c1-13(2)18-11-20(26)23(12-14-3-5-15(22)6-4-14)19(18)8-7-16(24)9-17(25)10-21(27)28/h3-8,13,16-19,24-25H,9-12H2,1-2H3,(H,27,28)/t16-,17-,18-,19-/m1/s1. The van der Waals surface area contributed by atoms with Crippen LogP contribution >= 0.6 is 0 Å². The Morgan fingerprint density at radius 1 is 1.29 bits per heavy atom. The molecule has 2 rings (SSSR count). The highest BCUT2D eigenvalue weighted by molar-refractivity contribution is 5.79. The molecule has 0 spiro atoms. The lowest BCUT2D eigenvalue weighted by Gasteiger charge is -2.28. The Balaban J connectivity index is 2.11. The molecule has 1 aromatic carbocycles. The Morgan fingerprint density at radius 3 is 2.50 bits per heavy atom. The highest BCUT2D eigenvalue weighted by Gasteiger charge is 2.39. The van der Waals surface area contributed by atoms with Crippen LogP contribution in [-0.4, -0.2) is 50.3 Å². The van der Waals surface area contributed by atoms with Gasteiger partial charge in [-0.3, -0.25) is 9.59 Å². The van der Waals surface area contributed by atoms with Gasteiger partial charge in [-0.15, -0.1) is 0 Å². The Kier molecular flexibility index (Phi) is 7.71. The lowest BCUT2D eigenvalue weighted by atomic mass is 9.88. The lowest BCUT2D eigenvalue weighted by Crippen LogP contribution is -2.35. The summed E-state index contributed by atoms with van der Waals surface area (Å²) >= 11 is 0. The van der Waals surface area contributed by atoms with E-state index in [2.05, 4.69) is 0 Å². The number of amides is 1. The van der Waals surface area contributed by atoms with E-state index in [1.165, 1.54) is 18.2 Å². The minimum atomic E-state index is -1.14. The van der Waals surface area contributed by atoms with Crippen molar-refractivity contribution < 1.29 is 29.3 Å². The van der Waals surface area contributed by atoms with Crippen molar-refractivity contribution >= 4 is 11.9 Å². The Hall–Kier alpha value is -2.25. The zero-order chi connectivity index (χ0) is 20.8. The van der Waals surface area contributed by atoms with Crippen LogP contribution in [0.2, 0.25) is 0 Å². The molecule has 0 aliphatic carbocycles. The van der Waals surface area contributed by atoms with Gasteiger partial charge >= 0.3 is 5.97 Å². The van der Waals surface area contributed by atoms with E-state index in [1.54, 1.807) is 23.1 Å². The maximum Gasteiger partial charge on any atom is 0.305 e. The first kappa shape index (κ1) is 22.0. The number of carboxylic acid groups (broad SMARTS) is 1. The molecule has 28 heavy (non-hydrogen) atoms. The van der Waals surface area contributed by atoms with Gasteiger partial charge in [0.1, 0.15) is 5.82 Å². The molecule has 1 fully saturated rings. The summed E-state index contributed by atoms with van der Waals surface area (Å²) < 4.78 is 13.1. The Labute approximate surface area is 164 Å². The average molecular weight is 393 g/mol. The summed E-state index contributed by atoms with van der Waals surface area (Å²) in [6.45, 7) is 4.41. The number of aliphatic carboxylic acids is 1. The van der Waals surface area contributed by atoms with Crippen molar-refractivity contribution in [3.8, 4) is 0 Å². The number of carboxylic acids is 1. The largest absolute Gasteiger partial charge is 0.481 e. The fraction of sp³-hybridized carbons (Fsp3) is 0.524. The quantitative estimate of drug-likeness (QED) is 0.560. The maximum absolute atomic E-state index is 13.1. The molecule has 1 aliphatic rings. The first-order chi connectivity index (χ1) is 13.2. The minimum absolute atomic E-state index is 0.00178. The van der Waals surface area contributed by atoms with Crippen LogP contribution in [0.1, 0.15) is 38.7 Å². The van der Waals surface area contributed by atoms with E-state index in [0.717, 1.165) is 5.56 Å². The third-order valence-corrected chi connectivity index (χ3v) is 5.11. The molecule has 1 saturated heterocycles. The zero-order valence-electron chi connectivity index (χ0n) is 16.2. The van der Waals surface area contributed by atoms with Gasteiger partial charge in [0.25, 0.3) is 0 Å². The second kappa shape index (κ2) is 9.80. The molecule has 0 radical (unpaired) electrons. The van der Waals surface area contributed by atoms with Gasteiger partial charge in [0.2, 0.25) is 5.91 Å². The van der Waals surface area contributed by atoms with Gasteiger partial charge < -0.3 is 20.2 Å². The number of hydrogen-bond donors (Lipinski definition) is 3. The smallest absolute Gasteiger partial charge is 0.305 e. The number of nitrogens with zero attached hydrogens (tertiary/aromatic N) is 1.